The minimum Gasteiger partial charge on any atom is -0.467 e. The van der Waals surface area contributed by atoms with Crippen LogP contribution in [0.25, 0.3) is 0 Å². The largest absolute Gasteiger partial charge is 0.467 e. The van der Waals surface area contributed by atoms with Gasteiger partial charge in [0.2, 0.25) is 0 Å². The fourth-order valence-corrected chi connectivity index (χ4v) is 3.16. The monoisotopic (exact) mass is 353 g/mol. The van der Waals surface area contributed by atoms with Crippen LogP contribution in [0, 0.1) is 17.2 Å². The number of benzene rings is 1. The summed E-state index contributed by atoms with van der Waals surface area (Å²) in [6, 6.07) is 11.3. The lowest BCUT2D eigenvalue weighted by Crippen LogP contribution is -2.18. The SMILES string of the molecule is CC/C=C\C(C)C1=NN(c2ccc(C#N)c(Cl)c2)C(c2ccco2)C1. The molecule has 2 unspecified atom stereocenters. The van der Waals surface area contributed by atoms with Gasteiger partial charge in [0.25, 0.3) is 0 Å². The van der Waals surface area contributed by atoms with Crippen molar-refractivity contribution < 1.29 is 4.42 Å². The summed E-state index contributed by atoms with van der Waals surface area (Å²) in [4.78, 5) is 0. The molecule has 0 saturated heterocycles. The first-order chi connectivity index (χ1) is 12.1. The zero-order valence-corrected chi connectivity index (χ0v) is 15.1. The van der Waals surface area contributed by atoms with Crippen molar-refractivity contribution in [1.82, 2.24) is 0 Å². The van der Waals surface area contributed by atoms with Crippen molar-refractivity contribution in [3.63, 3.8) is 0 Å². The lowest BCUT2D eigenvalue weighted by molar-refractivity contribution is 0.465. The molecule has 128 valence electrons. The fourth-order valence-electron chi connectivity index (χ4n) is 2.94. The van der Waals surface area contributed by atoms with E-state index >= 15 is 0 Å². The second kappa shape index (κ2) is 7.58. The number of anilines is 1. The zero-order valence-electron chi connectivity index (χ0n) is 14.3. The number of hydrogen-bond donors (Lipinski definition) is 0. The fraction of sp³-hybridized carbons (Fsp3) is 0.300. The molecular formula is C20H20ClN3O. The van der Waals surface area contributed by atoms with Crippen LogP contribution in [0.2, 0.25) is 5.02 Å². The summed E-state index contributed by atoms with van der Waals surface area (Å²) in [5, 5.41) is 16.3. The van der Waals surface area contributed by atoms with E-state index in [1.807, 2.05) is 23.2 Å². The number of rotatable bonds is 5. The van der Waals surface area contributed by atoms with Crippen LogP contribution in [-0.4, -0.2) is 5.71 Å². The molecule has 2 heterocycles. The summed E-state index contributed by atoms with van der Waals surface area (Å²) in [5.74, 6) is 1.13. The molecule has 0 saturated carbocycles. The van der Waals surface area contributed by atoms with E-state index in [-0.39, 0.29) is 12.0 Å². The molecule has 0 bridgehead atoms. The predicted molar refractivity (Wildman–Crippen MR) is 101 cm³/mol. The Morgan fingerprint density at radius 3 is 2.96 bits per heavy atom. The molecule has 1 aliphatic heterocycles. The standard InChI is InChI=1S/C20H20ClN3O/c1-3-4-6-14(2)18-12-19(20-7-5-10-25-20)24(23-18)16-9-8-15(13-22)17(21)11-16/h4-11,14,19H,3,12H2,1-2H3/b6-4-. The maximum Gasteiger partial charge on any atom is 0.128 e. The minimum absolute atomic E-state index is 0.00789. The lowest BCUT2D eigenvalue weighted by atomic mass is 9.98. The summed E-state index contributed by atoms with van der Waals surface area (Å²) in [6.07, 6.45) is 7.83. The van der Waals surface area contributed by atoms with Gasteiger partial charge in [-0.25, -0.2) is 0 Å². The van der Waals surface area contributed by atoms with Gasteiger partial charge in [-0.1, -0.05) is 37.6 Å². The van der Waals surface area contributed by atoms with Gasteiger partial charge >= 0.3 is 0 Å². The molecule has 0 radical (unpaired) electrons. The van der Waals surface area contributed by atoms with E-state index in [1.165, 1.54) is 0 Å². The smallest absolute Gasteiger partial charge is 0.128 e. The molecule has 2 aromatic rings. The third kappa shape index (κ3) is 3.62. The Kier molecular flexibility index (Phi) is 5.25. The van der Waals surface area contributed by atoms with Crippen molar-refractivity contribution in [2.24, 2.45) is 11.0 Å². The molecule has 0 amide bonds. The molecule has 0 aliphatic carbocycles. The average Bonchev–Trinajstić information content (AvgIpc) is 3.28. The lowest BCUT2D eigenvalue weighted by Gasteiger charge is -2.22. The predicted octanol–water partition coefficient (Wildman–Crippen LogP) is 5.71. The van der Waals surface area contributed by atoms with Gasteiger partial charge in [-0.05, 0) is 36.8 Å². The Morgan fingerprint density at radius 1 is 1.48 bits per heavy atom. The summed E-state index contributed by atoms with van der Waals surface area (Å²) in [6.45, 7) is 4.27. The van der Waals surface area contributed by atoms with E-state index in [4.69, 9.17) is 26.4 Å². The second-order valence-corrected chi connectivity index (χ2v) is 6.48. The molecular weight excluding hydrogens is 334 g/mol. The molecule has 1 aromatic carbocycles. The van der Waals surface area contributed by atoms with Gasteiger partial charge in [-0.15, -0.1) is 0 Å². The van der Waals surface area contributed by atoms with Crippen molar-refractivity contribution in [2.45, 2.75) is 32.7 Å². The first-order valence-electron chi connectivity index (χ1n) is 8.40. The Hall–Kier alpha value is -2.51. The molecule has 3 rings (SSSR count). The summed E-state index contributed by atoms with van der Waals surface area (Å²) in [7, 11) is 0. The van der Waals surface area contributed by atoms with Crippen LogP contribution in [0.4, 0.5) is 5.69 Å². The van der Waals surface area contributed by atoms with E-state index in [0.29, 0.717) is 10.6 Å². The number of nitriles is 1. The van der Waals surface area contributed by atoms with Crippen LogP contribution < -0.4 is 5.01 Å². The Labute approximate surface area is 153 Å². The van der Waals surface area contributed by atoms with Crippen molar-refractivity contribution in [3.8, 4) is 6.07 Å². The first-order valence-corrected chi connectivity index (χ1v) is 8.78. The van der Waals surface area contributed by atoms with Crippen LogP contribution in [0.5, 0.6) is 0 Å². The molecule has 5 heteroatoms. The number of nitrogens with zero attached hydrogens (tertiary/aromatic N) is 3. The summed E-state index contributed by atoms with van der Waals surface area (Å²) < 4.78 is 5.64. The number of hydrazone groups is 1. The normalized spacial score (nSPS) is 18.4. The highest BCUT2D eigenvalue weighted by atomic mass is 35.5. The first kappa shape index (κ1) is 17.3. The summed E-state index contributed by atoms with van der Waals surface area (Å²) in [5.41, 5.74) is 2.42. The number of halogens is 1. The molecule has 4 nitrogen and oxygen atoms in total. The zero-order chi connectivity index (χ0) is 17.8. The Morgan fingerprint density at radius 2 is 2.32 bits per heavy atom. The van der Waals surface area contributed by atoms with E-state index in [9.17, 15) is 0 Å². The third-order valence-corrected chi connectivity index (χ3v) is 4.64. The van der Waals surface area contributed by atoms with Crippen LogP contribution in [0.1, 0.15) is 44.1 Å². The molecule has 1 aliphatic rings. The van der Waals surface area contributed by atoms with Crippen molar-refractivity contribution in [1.29, 1.82) is 5.26 Å². The number of furan rings is 1. The summed E-state index contributed by atoms with van der Waals surface area (Å²) >= 11 is 6.22. The van der Waals surface area contributed by atoms with E-state index < -0.39 is 0 Å². The molecule has 1 aromatic heterocycles. The Bertz CT molecular complexity index is 833. The van der Waals surface area contributed by atoms with Gasteiger partial charge in [0, 0.05) is 18.1 Å². The third-order valence-electron chi connectivity index (χ3n) is 4.33. The molecule has 2 atom stereocenters. The van der Waals surface area contributed by atoms with Crippen LogP contribution in [0.3, 0.4) is 0 Å². The van der Waals surface area contributed by atoms with Gasteiger partial charge in [-0.3, -0.25) is 5.01 Å². The quantitative estimate of drug-likeness (QED) is 0.646. The highest BCUT2D eigenvalue weighted by Gasteiger charge is 2.32. The van der Waals surface area contributed by atoms with Gasteiger partial charge in [0.1, 0.15) is 17.9 Å². The highest BCUT2D eigenvalue weighted by Crippen LogP contribution is 2.38. The highest BCUT2D eigenvalue weighted by molar-refractivity contribution is 6.32. The van der Waals surface area contributed by atoms with Crippen LogP contribution in [-0.2, 0) is 0 Å². The molecule has 0 N–H and O–H groups in total. The van der Waals surface area contributed by atoms with Crippen molar-refractivity contribution >= 4 is 23.0 Å². The maximum absolute atomic E-state index is 9.08. The topological polar surface area (TPSA) is 52.5 Å². The molecule has 0 spiro atoms. The maximum atomic E-state index is 9.08. The molecule has 0 fully saturated rings. The van der Waals surface area contributed by atoms with Gasteiger partial charge in [-0.2, -0.15) is 10.4 Å². The van der Waals surface area contributed by atoms with Crippen molar-refractivity contribution in [2.75, 3.05) is 5.01 Å². The van der Waals surface area contributed by atoms with Crippen molar-refractivity contribution in [3.05, 3.63) is 65.1 Å². The Balaban J connectivity index is 1.96. The van der Waals surface area contributed by atoms with Crippen LogP contribution in [0.15, 0.2) is 58.3 Å². The van der Waals surface area contributed by atoms with E-state index in [2.05, 4.69) is 32.1 Å². The number of allylic oxidation sites excluding steroid dienone is 2. The molecule has 25 heavy (non-hydrogen) atoms. The van der Waals surface area contributed by atoms with Gasteiger partial charge in [0.05, 0.1) is 22.5 Å². The minimum atomic E-state index is -0.00789. The van der Waals surface area contributed by atoms with Gasteiger partial charge in [0.15, 0.2) is 0 Å². The van der Waals surface area contributed by atoms with Gasteiger partial charge < -0.3 is 4.42 Å². The number of hydrogen-bond acceptors (Lipinski definition) is 4. The van der Waals surface area contributed by atoms with E-state index in [0.717, 1.165) is 30.0 Å². The van der Waals surface area contributed by atoms with Crippen LogP contribution >= 0.6 is 11.6 Å². The van der Waals surface area contributed by atoms with E-state index in [1.54, 1.807) is 18.4 Å². The second-order valence-electron chi connectivity index (χ2n) is 6.07. The average molecular weight is 354 g/mol.